The SMILES string of the molecule is C=C[C@H]1CC=C[C@H]1CC(=O)N(C)C. The molecule has 1 aliphatic rings. The van der Waals surface area contributed by atoms with Crippen LogP contribution in [0.5, 0.6) is 0 Å². The number of nitrogens with zero attached hydrogens (tertiary/aromatic N) is 1. The average Bonchev–Trinajstić information content (AvgIpc) is 2.51. The molecule has 1 aliphatic carbocycles. The van der Waals surface area contributed by atoms with Crippen LogP contribution < -0.4 is 0 Å². The number of allylic oxidation sites excluding steroid dienone is 3. The van der Waals surface area contributed by atoms with Gasteiger partial charge in [-0.15, -0.1) is 6.58 Å². The number of carbonyl (C=O) groups excluding carboxylic acids is 1. The van der Waals surface area contributed by atoms with Gasteiger partial charge in [-0.2, -0.15) is 0 Å². The second-order valence-corrected chi connectivity index (χ2v) is 3.72. The third-order valence-electron chi connectivity index (χ3n) is 2.55. The Balaban J connectivity index is 2.48. The fourth-order valence-electron chi connectivity index (χ4n) is 1.60. The summed E-state index contributed by atoms with van der Waals surface area (Å²) in [4.78, 5) is 13.1. The molecule has 1 amide bonds. The van der Waals surface area contributed by atoms with Crippen LogP contribution in [0, 0.1) is 11.8 Å². The Kier molecular flexibility index (Phi) is 3.29. The second kappa shape index (κ2) is 4.26. The maximum Gasteiger partial charge on any atom is 0.222 e. The molecule has 0 radical (unpaired) electrons. The Morgan fingerprint density at radius 3 is 2.92 bits per heavy atom. The van der Waals surface area contributed by atoms with Gasteiger partial charge in [-0.05, 0) is 18.3 Å². The van der Waals surface area contributed by atoms with Crippen LogP contribution >= 0.6 is 0 Å². The summed E-state index contributed by atoms with van der Waals surface area (Å²) in [6.45, 7) is 3.78. The van der Waals surface area contributed by atoms with Gasteiger partial charge >= 0.3 is 0 Å². The van der Waals surface area contributed by atoms with Crippen molar-refractivity contribution < 1.29 is 4.79 Å². The molecule has 0 aromatic rings. The monoisotopic (exact) mass is 179 g/mol. The van der Waals surface area contributed by atoms with E-state index in [0.29, 0.717) is 18.3 Å². The molecule has 0 heterocycles. The second-order valence-electron chi connectivity index (χ2n) is 3.72. The van der Waals surface area contributed by atoms with Crippen LogP contribution in [0.15, 0.2) is 24.8 Å². The molecule has 0 saturated heterocycles. The lowest BCUT2D eigenvalue weighted by atomic mass is 9.92. The minimum atomic E-state index is 0.198. The van der Waals surface area contributed by atoms with Gasteiger partial charge in [-0.25, -0.2) is 0 Å². The molecule has 72 valence electrons. The maximum absolute atomic E-state index is 11.4. The van der Waals surface area contributed by atoms with Crippen molar-refractivity contribution in [1.29, 1.82) is 0 Å². The Morgan fingerprint density at radius 1 is 1.69 bits per heavy atom. The topological polar surface area (TPSA) is 20.3 Å². The Hall–Kier alpha value is -1.05. The van der Waals surface area contributed by atoms with Gasteiger partial charge in [0.05, 0.1) is 0 Å². The summed E-state index contributed by atoms with van der Waals surface area (Å²) in [7, 11) is 3.59. The van der Waals surface area contributed by atoms with Crippen molar-refractivity contribution in [3.05, 3.63) is 24.8 Å². The van der Waals surface area contributed by atoms with Gasteiger partial charge in [0.15, 0.2) is 0 Å². The summed E-state index contributed by atoms with van der Waals surface area (Å²) >= 11 is 0. The van der Waals surface area contributed by atoms with Crippen LogP contribution in [0.4, 0.5) is 0 Å². The van der Waals surface area contributed by atoms with Crippen molar-refractivity contribution >= 4 is 5.91 Å². The Bertz CT molecular complexity index is 230. The van der Waals surface area contributed by atoms with E-state index in [2.05, 4.69) is 18.7 Å². The molecule has 2 nitrogen and oxygen atoms in total. The van der Waals surface area contributed by atoms with E-state index in [-0.39, 0.29) is 5.91 Å². The third-order valence-corrected chi connectivity index (χ3v) is 2.55. The largest absolute Gasteiger partial charge is 0.349 e. The highest BCUT2D eigenvalue weighted by Crippen LogP contribution is 2.28. The lowest BCUT2D eigenvalue weighted by Crippen LogP contribution is -2.25. The van der Waals surface area contributed by atoms with Crippen molar-refractivity contribution in [3.8, 4) is 0 Å². The zero-order valence-electron chi connectivity index (χ0n) is 8.36. The van der Waals surface area contributed by atoms with E-state index in [9.17, 15) is 4.79 Å². The molecule has 0 unspecified atom stereocenters. The molecule has 0 aromatic heterocycles. The summed E-state index contributed by atoms with van der Waals surface area (Å²) in [5, 5.41) is 0. The highest BCUT2D eigenvalue weighted by atomic mass is 16.2. The number of carbonyl (C=O) groups is 1. The first kappa shape index (κ1) is 10.0. The normalized spacial score (nSPS) is 26.0. The predicted molar refractivity (Wildman–Crippen MR) is 54.2 cm³/mol. The molecule has 0 spiro atoms. The highest BCUT2D eigenvalue weighted by molar-refractivity contribution is 5.76. The maximum atomic E-state index is 11.4. The lowest BCUT2D eigenvalue weighted by molar-refractivity contribution is -0.129. The first-order chi connectivity index (χ1) is 6.15. The zero-order valence-corrected chi connectivity index (χ0v) is 8.36. The summed E-state index contributed by atoms with van der Waals surface area (Å²) in [5.41, 5.74) is 0. The fourth-order valence-corrected chi connectivity index (χ4v) is 1.60. The van der Waals surface area contributed by atoms with Crippen molar-refractivity contribution in [2.45, 2.75) is 12.8 Å². The van der Waals surface area contributed by atoms with E-state index in [1.807, 2.05) is 6.08 Å². The molecule has 0 saturated carbocycles. The van der Waals surface area contributed by atoms with E-state index in [4.69, 9.17) is 0 Å². The Morgan fingerprint density at radius 2 is 2.38 bits per heavy atom. The van der Waals surface area contributed by atoms with E-state index in [1.165, 1.54) is 0 Å². The van der Waals surface area contributed by atoms with Crippen LogP contribution in [0.2, 0.25) is 0 Å². The number of hydrogen-bond donors (Lipinski definition) is 0. The smallest absolute Gasteiger partial charge is 0.222 e. The molecule has 0 bridgehead atoms. The van der Waals surface area contributed by atoms with Gasteiger partial charge < -0.3 is 4.90 Å². The highest BCUT2D eigenvalue weighted by Gasteiger charge is 2.22. The molecule has 2 heteroatoms. The van der Waals surface area contributed by atoms with Gasteiger partial charge in [-0.3, -0.25) is 4.79 Å². The van der Waals surface area contributed by atoms with Gasteiger partial charge in [0.2, 0.25) is 5.91 Å². The van der Waals surface area contributed by atoms with Crippen molar-refractivity contribution in [2.24, 2.45) is 11.8 Å². The van der Waals surface area contributed by atoms with Crippen molar-refractivity contribution in [1.82, 2.24) is 4.90 Å². The molecule has 0 fully saturated rings. The first-order valence-corrected chi connectivity index (χ1v) is 4.64. The molecular formula is C11H17NO. The fraction of sp³-hybridized carbons (Fsp3) is 0.545. The number of rotatable bonds is 3. The van der Waals surface area contributed by atoms with Gasteiger partial charge in [0.1, 0.15) is 0 Å². The quantitative estimate of drug-likeness (QED) is 0.605. The zero-order chi connectivity index (χ0) is 9.84. The van der Waals surface area contributed by atoms with E-state index >= 15 is 0 Å². The predicted octanol–water partition coefficient (Wildman–Crippen LogP) is 1.84. The van der Waals surface area contributed by atoms with Crippen LogP contribution in [-0.4, -0.2) is 24.9 Å². The number of hydrogen-bond acceptors (Lipinski definition) is 1. The molecule has 13 heavy (non-hydrogen) atoms. The van der Waals surface area contributed by atoms with E-state index in [1.54, 1.807) is 19.0 Å². The van der Waals surface area contributed by atoms with Crippen LogP contribution in [-0.2, 0) is 4.79 Å². The minimum Gasteiger partial charge on any atom is -0.349 e. The molecule has 0 N–H and O–H groups in total. The summed E-state index contributed by atoms with van der Waals surface area (Å²) in [6.07, 6.45) is 7.87. The Labute approximate surface area is 79.9 Å². The first-order valence-electron chi connectivity index (χ1n) is 4.64. The summed E-state index contributed by atoms with van der Waals surface area (Å²) in [6, 6.07) is 0. The van der Waals surface area contributed by atoms with Gasteiger partial charge in [0.25, 0.3) is 0 Å². The van der Waals surface area contributed by atoms with Crippen LogP contribution in [0.3, 0.4) is 0 Å². The average molecular weight is 179 g/mol. The van der Waals surface area contributed by atoms with E-state index in [0.717, 1.165) is 6.42 Å². The summed E-state index contributed by atoms with van der Waals surface area (Å²) < 4.78 is 0. The molecule has 0 aliphatic heterocycles. The lowest BCUT2D eigenvalue weighted by Gasteiger charge is -2.17. The summed E-state index contributed by atoms with van der Waals surface area (Å²) in [5.74, 6) is 1.03. The third kappa shape index (κ3) is 2.44. The molecule has 2 atom stereocenters. The van der Waals surface area contributed by atoms with E-state index < -0.39 is 0 Å². The minimum absolute atomic E-state index is 0.198. The molecular weight excluding hydrogens is 162 g/mol. The van der Waals surface area contributed by atoms with Crippen LogP contribution in [0.25, 0.3) is 0 Å². The molecule has 1 rings (SSSR count). The van der Waals surface area contributed by atoms with Gasteiger partial charge in [0, 0.05) is 20.5 Å². The standard InChI is InChI=1S/C11H17NO/c1-4-9-6-5-7-10(9)8-11(13)12(2)3/h4-5,7,9-10H,1,6,8H2,2-3H3/t9-,10-/m0/s1. The van der Waals surface area contributed by atoms with Gasteiger partial charge in [-0.1, -0.05) is 18.2 Å². The van der Waals surface area contributed by atoms with Crippen LogP contribution in [0.1, 0.15) is 12.8 Å². The molecule has 0 aromatic carbocycles. The number of amides is 1. The van der Waals surface area contributed by atoms with Crippen molar-refractivity contribution in [3.63, 3.8) is 0 Å². The van der Waals surface area contributed by atoms with Crippen molar-refractivity contribution in [2.75, 3.05) is 14.1 Å².